The van der Waals surface area contributed by atoms with Crippen molar-refractivity contribution in [3.63, 3.8) is 0 Å². The largest absolute Gasteiger partial charge is 0.449 e. The molecule has 0 bridgehead atoms. The molecular weight excluding hydrogens is 606 g/mol. The third kappa shape index (κ3) is 7.43. The third-order valence-corrected chi connectivity index (χ3v) is 8.99. The Hall–Kier alpha value is -5.38. The van der Waals surface area contributed by atoms with Crippen molar-refractivity contribution in [2.24, 2.45) is 0 Å². The first-order chi connectivity index (χ1) is 23.5. The van der Waals surface area contributed by atoms with Crippen LogP contribution in [0.1, 0.15) is 61.0 Å². The normalized spacial score (nSPS) is 15.7. The molecule has 4 aromatic rings. The first kappa shape index (κ1) is 32.6. The number of alkyl carbamates (subject to hydrolysis) is 2. The van der Waals surface area contributed by atoms with E-state index in [4.69, 9.17) is 9.47 Å². The molecule has 2 heterocycles. The van der Waals surface area contributed by atoms with Gasteiger partial charge in [0.05, 0.1) is 17.9 Å². The Morgan fingerprint density at radius 3 is 2.38 bits per heavy atom. The van der Waals surface area contributed by atoms with Gasteiger partial charge in [0.1, 0.15) is 25.1 Å². The van der Waals surface area contributed by atoms with E-state index in [2.05, 4.69) is 51.4 Å². The van der Waals surface area contributed by atoms with Gasteiger partial charge in [-0.05, 0) is 59.9 Å². The van der Waals surface area contributed by atoms with Crippen molar-refractivity contribution in [1.29, 1.82) is 0 Å². The summed E-state index contributed by atoms with van der Waals surface area (Å²) in [6.45, 7) is 4.76. The second kappa shape index (κ2) is 15.5. The predicted octanol–water partition coefficient (Wildman–Crippen LogP) is 6.73. The Morgan fingerprint density at radius 1 is 0.938 bits per heavy atom. The van der Waals surface area contributed by atoms with E-state index in [0.29, 0.717) is 32.4 Å². The van der Waals surface area contributed by atoms with Crippen LogP contribution in [-0.2, 0) is 14.3 Å². The monoisotopic (exact) mass is 647 g/mol. The molecule has 3 aromatic carbocycles. The number of aromatic nitrogens is 2. The van der Waals surface area contributed by atoms with E-state index in [1.54, 1.807) is 6.20 Å². The van der Waals surface area contributed by atoms with Crippen molar-refractivity contribution < 1.29 is 23.9 Å². The van der Waals surface area contributed by atoms with Crippen LogP contribution in [0.15, 0.2) is 97.7 Å². The maximum Gasteiger partial charge on any atom is 0.407 e. The van der Waals surface area contributed by atoms with E-state index < -0.39 is 18.2 Å². The molecule has 6 rings (SSSR count). The number of nitrogens with one attached hydrogen (secondary N) is 3. The summed E-state index contributed by atoms with van der Waals surface area (Å²) >= 11 is 0. The lowest BCUT2D eigenvalue weighted by Gasteiger charge is -2.28. The SMILES string of the molecule is C=CCOC(=O)NCCCC[C@H](NC(=O)OCC1c2ccccc2-c2ccccc21)C(=O)N1CCC[C@H]1c1ncc(-c2ccccc2)[nH]1. The van der Waals surface area contributed by atoms with Gasteiger partial charge < -0.3 is 30.0 Å². The molecule has 10 nitrogen and oxygen atoms in total. The zero-order valence-corrected chi connectivity index (χ0v) is 26.9. The summed E-state index contributed by atoms with van der Waals surface area (Å²) in [6, 6.07) is 25.2. The lowest BCUT2D eigenvalue weighted by molar-refractivity contribution is -0.134. The topological polar surface area (TPSA) is 126 Å². The van der Waals surface area contributed by atoms with Gasteiger partial charge in [0.25, 0.3) is 0 Å². The van der Waals surface area contributed by atoms with Crippen molar-refractivity contribution >= 4 is 18.1 Å². The first-order valence-corrected chi connectivity index (χ1v) is 16.6. The van der Waals surface area contributed by atoms with Gasteiger partial charge in [-0.1, -0.05) is 91.5 Å². The molecule has 3 N–H and O–H groups in total. The average molecular weight is 648 g/mol. The van der Waals surface area contributed by atoms with E-state index in [9.17, 15) is 14.4 Å². The van der Waals surface area contributed by atoms with Gasteiger partial charge in [-0.2, -0.15) is 0 Å². The molecular formula is C38H41N5O5. The van der Waals surface area contributed by atoms with Crippen LogP contribution in [0.25, 0.3) is 22.4 Å². The molecule has 248 valence electrons. The van der Waals surface area contributed by atoms with Gasteiger partial charge in [0.2, 0.25) is 5.91 Å². The molecule has 1 aliphatic carbocycles. The fourth-order valence-electron chi connectivity index (χ4n) is 6.67. The number of aromatic amines is 1. The zero-order chi connectivity index (χ0) is 33.3. The molecule has 3 amide bonds. The van der Waals surface area contributed by atoms with E-state index in [-0.39, 0.29) is 31.1 Å². The molecule has 1 fully saturated rings. The number of rotatable bonds is 13. The molecule has 1 saturated heterocycles. The van der Waals surface area contributed by atoms with Crippen molar-refractivity contribution in [2.45, 2.75) is 50.1 Å². The second-order valence-electron chi connectivity index (χ2n) is 12.1. The quantitative estimate of drug-likeness (QED) is 0.109. The van der Waals surface area contributed by atoms with Gasteiger partial charge in [-0.15, -0.1) is 0 Å². The van der Waals surface area contributed by atoms with E-state index >= 15 is 0 Å². The van der Waals surface area contributed by atoms with Crippen molar-refractivity contribution in [3.8, 4) is 22.4 Å². The summed E-state index contributed by atoms with van der Waals surface area (Å²) in [5, 5.41) is 5.59. The number of nitrogens with zero attached hydrogens (tertiary/aromatic N) is 2. The van der Waals surface area contributed by atoms with Crippen LogP contribution in [0.2, 0.25) is 0 Å². The first-order valence-electron chi connectivity index (χ1n) is 16.6. The molecule has 10 heteroatoms. The number of hydrogen-bond acceptors (Lipinski definition) is 6. The van der Waals surface area contributed by atoms with Crippen molar-refractivity contribution in [3.05, 3.63) is 115 Å². The van der Waals surface area contributed by atoms with Gasteiger partial charge >= 0.3 is 12.2 Å². The number of likely N-dealkylation sites (tertiary alicyclic amines) is 1. The number of ether oxygens (including phenoxy) is 2. The Kier molecular flexibility index (Phi) is 10.5. The molecule has 1 aromatic heterocycles. The summed E-state index contributed by atoms with van der Waals surface area (Å²) in [5.41, 5.74) is 6.43. The summed E-state index contributed by atoms with van der Waals surface area (Å²) in [6.07, 6.45) is 5.29. The Bertz CT molecular complexity index is 1690. The summed E-state index contributed by atoms with van der Waals surface area (Å²) in [4.78, 5) is 49.1. The highest BCUT2D eigenvalue weighted by atomic mass is 16.6. The molecule has 2 atom stereocenters. The maximum atomic E-state index is 14.1. The number of H-pyrrole nitrogens is 1. The van der Waals surface area contributed by atoms with Crippen molar-refractivity contribution in [2.75, 3.05) is 26.3 Å². The fraction of sp³-hybridized carbons (Fsp3) is 0.316. The minimum Gasteiger partial charge on any atom is -0.449 e. The van der Waals surface area contributed by atoms with Crippen LogP contribution < -0.4 is 10.6 Å². The number of imidazole rings is 1. The van der Waals surface area contributed by atoms with E-state index in [1.807, 2.05) is 59.5 Å². The fourth-order valence-corrected chi connectivity index (χ4v) is 6.67. The van der Waals surface area contributed by atoms with E-state index in [0.717, 1.165) is 52.2 Å². The Morgan fingerprint density at radius 2 is 1.65 bits per heavy atom. The minimum absolute atomic E-state index is 0.0926. The van der Waals surface area contributed by atoms with Crippen LogP contribution in [0.4, 0.5) is 9.59 Å². The number of unbranched alkanes of at least 4 members (excludes halogenated alkanes) is 1. The third-order valence-electron chi connectivity index (χ3n) is 8.99. The number of fused-ring (bicyclic) bond motifs is 3. The molecule has 2 aliphatic rings. The van der Waals surface area contributed by atoms with Gasteiger partial charge in [0, 0.05) is 19.0 Å². The average Bonchev–Trinajstić information content (AvgIpc) is 3.87. The predicted molar refractivity (Wildman–Crippen MR) is 183 cm³/mol. The van der Waals surface area contributed by atoms with Crippen LogP contribution in [-0.4, -0.2) is 65.3 Å². The highest BCUT2D eigenvalue weighted by Gasteiger charge is 2.37. The zero-order valence-electron chi connectivity index (χ0n) is 26.9. The standard InChI is InChI=1S/C38H41N5O5/c1-2-23-47-37(45)39-21-11-10-19-32(36(44)43-22-12-20-34(43)35-40-24-33(41-35)26-13-4-3-5-14-26)42-38(46)48-25-31-29-17-8-6-15-27(29)28-16-7-9-18-30(28)31/h2-9,13-18,24,31-32,34H,1,10-12,19-23,25H2,(H,39,45)(H,40,41)(H,42,46)/t32-,34-/m0/s1. The number of amides is 3. The second-order valence-corrected chi connectivity index (χ2v) is 12.1. The smallest absolute Gasteiger partial charge is 0.407 e. The Balaban J connectivity index is 1.12. The van der Waals surface area contributed by atoms with Crippen LogP contribution in [0, 0.1) is 0 Å². The van der Waals surface area contributed by atoms with E-state index in [1.165, 1.54) is 6.08 Å². The van der Waals surface area contributed by atoms with Crippen LogP contribution in [0.5, 0.6) is 0 Å². The summed E-state index contributed by atoms with van der Waals surface area (Å²) < 4.78 is 10.8. The lowest BCUT2D eigenvalue weighted by Crippen LogP contribution is -2.48. The van der Waals surface area contributed by atoms with Gasteiger partial charge in [-0.3, -0.25) is 4.79 Å². The van der Waals surface area contributed by atoms with Crippen LogP contribution >= 0.6 is 0 Å². The molecule has 0 unspecified atom stereocenters. The Labute approximate surface area is 280 Å². The highest BCUT2D eigenvalue weighted by Crippen LogP contribution is 2.44. The maximum absolute atomic E-state index is 14.1. The number of benzene rings is 3. The van der Waals surface area contributed by atoms with Gasteiger partial charge in [0.15, 0.2) is 0 Å². The number of carbonyl (C=O) groups is 3. The molecule has 1 aliphatic heterocycles. The summed E-state index contributed by atoms with van der Waals surface area (Å²) in [7, 11) is 0. The number of carbonyl (C=O) groups excluding carboxylic acids is 3. The highest BCUT2D eigenvalue weighted by molar-refractivity contribution is 5.86. The summed E-state index contributed by atoms with van der Waals surface area (Å²) in [5.74, 6) is 0.453. The van der Waals surface area contributed by atoms with Gasteiger partial charge in [-0.25, -0.2) is 14.6 Å². The minimum atomic E-state index is -0.808. The molecule has 48 heavy (non-hydrogen) atoms. The molecule has 0 saturated carbocycles. The van der Waals surface area contributed by atoms with Crippen molar-refractivity contribution in [1.82, 2.24) is 25.5 Å². The molecule has 0 radical (unpaired) electrons. The lowest BCUT2D eigenvalue weighted by atomic mass is 9.98. The number of hydrogen-bond donors (Lipinski definition) is 3. The van der Waals surface area contributed by atoms with Crippen LogP contribution in [0.3, 0.4) is 0 Å². The molecule has 0 spiro atoms.